The highest BCUT2D eigenvalue weighted by molar-refractivity contribution is 5.96. The molecule has 120 valence electrons. The van der Waals surface area contributed by atoms with E-state index >= 15 is 0 Å². The molecule has 5 nitrogen and oxygen atoms in total. The van der Waals surface area contributed by atoms with E-state index in [1.807, 2.05) is 30.3 Å². The van der Waals surface area contributed by atoms with Crippen LogP contribution in [0.4, 0.5) is 0 Å². The zero-order valence-corrected chi connectivity index (χ0v) is 13.0. The molecule has 3 rings (SSSR count). The van der Waals surface area contributed by atoms with Gasteiger partial charge in [-0.1, -0.05) is 30.3 Å². The van der Waals surface area contributed by atoms with E-state index in [1.165, 1.54) is 6.26 Å². The van der Waals surface area contributed by atoms with Crippen LogP contribution >= 0.6 is 0 Å². The molecular weight excluding hydrogens is 292 g/mol. The lowest BCUT2D eigenvalue weighted by molar-refractivity contribution is 0.0599. The van der Waals surface area contributed by atoms with Crippen molar-refractivity contribution in [3.63, 3.8) is 0 Å². The Morgan fingerprint density at radius 2 is 1.70 bits per heavy atom. The number of amides is 1. The molecule has 23 heavy (non-hydrogen) atoms. The first-order chi connectivity index (χ1) is 11.2. The van der Waals surface area contributed by atoms with Crippen molar-refractivity contribution in [3.8, 4) is 0 Å². The predicted octanol–water partition coefficient (Wildman–Crippen LogP) is 2.31. The molecule has 2 aromatic rings. The van der Waals surface area contributed by atoms with Gasteiger partial charge >= 0.3 is 0 Å². The fourth-order valence-electron chi connectivity index (χ4n) is 2.76. The lowest BCUT2D eigenvalue weighted by Crippen LogP contribution is -2.49. The molecule has 2 heterocycles. The van der Waals surface area contributed by atoms with Gasteiger partial charge in [0.1, 0.15) is 0 Å². The molecule has 0 N–H and O–H groups in total. The second-order valence-corrected chi connectivity index (χ2v) is 5.65. The number of ketones is 1. The van der Waals surface area contributed by atoms with Crippen molar-refractivity contribution in [2.75, 3.05) is 32.7 Å². The molecule has 0 spiro atoms. The average Bonchev–Trinajstić information content (AvgIpc) is 3.15. The standard InChI is InChI=1S/C18H20N2O3/c21-16(15-5-2-1-3-6-15)8-9-19-10-12-20(13-11-19)18(22)17-7-4-14-23-17/h1-7,14H,8-13H2. The minimum absolute atomic E-state index is 0.0602. The van der Waals surface area contributed by atoms with Gasteiger partial charge in [0, 0.05) is 44.7 Å². The maximum atomic E-state index is 12.2. The lowest BCUT2D eigenvalue weighted by Gasteiger charge is -2.34. The Balaban J connectivity index is 1.44. The van der Waals surface area contributed by atoms with Crippen LogP contribution in [0.2, 0.25) is 0 Å². The Labute approximate surface area is 135 Å². The Morgan fingerprint density at radius 3 is 2.35 bits per heavy atom. The SMILES string of the molecule is O=C(CCN1CCN(C(=O)c2ccco2)CC1)c1ccccc1. The smallest absolute Gasteiger partial charge is 0.289 e. The molecule has 0 atom stereocenters. The molecule has 1 aromatic carbocycles. The summed E-state index contributed by atoms with van der Waals surface area (Å²) in [4.78, 5) is 28.3. The van der Waals surface area contributed by atoms with Crippen molar-refractivity contribution in [2.45, 2.75) is 6.42 Å². The van der Waals surface area contributed by atoms with Gasteiger partial charge in [-0.25, -0.2) is 0 Å². The molecule has 5 heteroatoms. The van der Waals surface area contributed by atoms with Gasteiger partial charge in [0.15, 0.2) is 11.5 Å². The second-order valence-electron chi connectivity index (χ2n) is 5.65. The van der Waals surface area contributed by atoms with E-state index in [4.69, 9.17) is 4.42 Å². The summed E-state index contributed by atoms with van der Waals surface area (Å²) in [6.07, 6.45) is 2.02. The number of Topliss-reactive ketones (excluding diaryl/α,β-unsaturated/α-hetero) is 1. The van der Waals surface area contributed by atoms with Crippen molar-refractivity contribution in [2.24, 2.45) is 0 Å². The fourth-order valence-corrected chi connectivity index (χ4v) is 2.76. The van der Waals surface area contributed by atoms with E-state index in [2.05, 4.69) is 4.90 Å². The van der Waals surface area contributed by atoms with Crippen LogP contribution in [0.1, 0.15) is 27.3 Å². The third kappa shape index (κ3) is 3.87. The van der Waals surface area contributed by atoms with Crippen molar-refractivity contribution < 1.29 is 14.0 Å². The number of nitrogens with zero attached hydrogens (tertiary/aromatic N) is 2. The van der Waals surface area contributed by atoms with Gasteiger partial charge in [0.05, 0.1) is 6.26 Å². The number of rotatable bonds is 5. The minimum Gasteiger partial charge on any atom is -0.459 e. The topological polar surface area (TPSA) is 53.8 Å². The van der Waals surface area contributed by atoms with E-state index in [1.54, 1.807) is 17.0 Å². The highest BCUT2D eigenvalue weighted by Crippen LogP contribution is 2.10. The second kappa shape index (κ2) is 7.24. The summed E-state index contributed by atoms with van der Waals surface area (Å²) in [5.41, 5.74) is 0.763. The first kappa shape index (κ1) is 15.5. The van der Waals surface area contributed by atoms with Crippen molar-refractivity contribution in [3.05, 3.63) is 60.1 Å². The molecule has 1 fully saturated rings. The van der Waals surface area contributed by atoms with Crippen molar-refractivity contribution in [1.29, 1.82) is 0 Å². The molecule has 1 aliphatic rings. The van der Waals surface area contributed by atoms with Crippen LogP contribution < -0.4 is 0 Å². The van der Waals surface area contributed by atoms with Gasteiger partial charge in [0.2, 0.25) is 0 Å². The molecule has 0 bridgehead atoms. The summed E-state index contributed by atoms with van der Waals surface area (Å²) >= 11 is 0. The third-order valence-corrected chi connectivity index (χ3v) is 4.14. The molecule has 0 radical (unpaired) electrons. The largest absolute Gasteiger partial charge is 0.459 e. The molecule has 1 aromatic heterocycles. The van der Waals surface area contributed by atoms with Crippen LogP contribution in [0, 0.1) is 0 Å². The Hall–Kier alpha value is -2.40. The fraction of sp³-hybridized carbons (Fsp3) is 0.333. The van der Waals surface area contributed by atoms with Gasteiger partial charge in [-0.3, -0.25) is 14.5 Å². The minimum atomic E-state index is -0.0602. The van der Waals surface area contributed by atoms with Gasteiger partial charge in [-0.15, -0.1) is 0 Å². The number of hydrogen-bond acceptors (Lipinski definition) is 4. The number of benzene rings is 1. The van der Waals surface area contributed by atoms with Crippen LogP contribution in [0.3, 0.4) is 0 Å². The zero-order valence-electron chi connectivity index (χ0n) is 13.0. The normalized spacial score (nSPS) is 15.6. The predicted molar refractivity (Wildman–Crippen MR) is 86.4 cm³/mol. The summed E-state index contributed by atoms with van der Waals surface area (Å²) in [5, 5.41) is 0. The number of carbonyl (C=O) groups excluding carboxylic acids is 2. The first-order valence-corrected chi connectivity index (χ1v) is 7.87. The summed E-state index contributed by atoms with van der Waals surface area (Å²) in [6, 6.07) is 12.8. The molecule has 0 aliphatic carbocycles. The third-order valence-electron chi connectivity index (χ3n) is 4.14. The van der Waals surface area contributed by atoms with E-state index < -0.39 is 0 Å². The maximum Gasteiger partial charge on any atom is 0.289 e. The van der Waals surface area contributed by atoms with Crippen LogP contribution in [0.5, 0.6) is 0 Å². The van der Waals surface area contributed by atoms with E-state index in [-0.39, 0.29) is 11.7 Å². The average molecular weight is 312 g/mol. The van der Waals surface area contributed by atoms with Gasteiger partial charge in [-0.2, -0.15) is 0 Å². The number of hydrogen-bond donors (Lipinski definition) is 0. The number of furan rings is 1. The van der Waals surface area contributed by atoms with E-state index in [0.29, 0.717) is 25.3 Å². The van der Waals surface area contributed by atoms with E-state index in [0.717, 1.165) is 25.2 Å². The monoisotopic (exact) mass is 312 g/mol. The van der Waals surface area contributed by atoms with Crippen LogP contribution in [0.15, 0.2) is 53.1 Å². The van der Waals surface area contributed by atoms with Crippen LogP contribution in [-0.2, 0) is 0 Å². The summed E-state index contributed by atoms with van der Waals surface area (Å²) in [5.74, 6) is 0.493. The van der Waals surface area contributed by atoms with Crippen molar-refractivity contribution in [1.82, 2.24) is 9.80 Å². The van der Waals surface area contributed by atoms with Gasteiger partial charge in [0.25, 0.3) is 5.91 Å². The Morgan fingerprint density at radius 1 is 0.957 bits per heavy atom. The number of carbonyl (C=O) groups is 2. The molecule has 1 amide bonds. The van der Waals surface area contributed by atoms with Crippen molar-refractivity contribution >= 4 is 11.7 Å². The summed E-state index contributed by atoms with van der Waals surface area (Å²) in [6.45, 7) is 3.64. The quantitative estimate of drug-likeness (QED) is 0.795. The van der Waals surface area contributed by atoms with Crippen LogP contribution in [0.25, 0.3) is 0 Å². The van der Waals surface area contributed by atoms with E-state index in [9.17, 15) is 9.59 Å². The Bertz CT molecular complexity index is 644. The first-order valence-electron chi connectivity index (χ1n) is 7.87. The zero-order chi connectivity index (χ0) is 16.1. The highest BCUT2D eigenvalue weighted by Gasteiger charge is 2.23. The maximum absolute atomic E-state index is 12.2. The highest BCUT2D eigenvalue weighted by atomic mass is 16.3. The molecule has 1 saturated heterocycles. The molecular formula is C18H20N2O3. The molecule has 0 unspecified atom stereocenters. The number of piperazine rings is 1. The van der Waals surface area contributed by atoms with Gasteiger partial charge < -0.3 is 9.32 Å². The lowest BCUT2D eigenvalue weighted by atomic mass is 10.1. The summed E-state index contributed by atoms with van der Waals surface area (Å²) in [7, 11) is 0. The molecule has 1 aliphatic heterocycles. The van der Waals surface area contributed by atoms with Crippen LogP contribution in [-0.4, -0.2) is 54.2 Å². The summed E-state index contributed by atoms with van der Waals surface area (Å²) < 4.78 is 5.15. The molecule has 0 saturated carbocycles. The van der Waals surface area contributed by atoms with Gasteiger partial charge in [-0.05, 0) is 12.1 Å². The Kier molecular flexibility index (Phi) is 4.88.